The Bertz CT molecular complexity index is 421. The molecule has 98 valence electrons. The number of carbonyl (C=O) groups is 2. The van der Waals surface area contributed by atoms with Gasteiger partial charge in [0.1, 0.15) is 0 Å². The van der Waals surface area contributed by atoms with Gasteiger partial charge in [0.15, 0.2) is 11.4 Å². The normalized spacial score (nSPS) is 14.1. The van der Waals surface area contributed by atoms with E-state index in [1.54, 1.807) is 44.2 Å². The van der Waals surface area contributed by atoms with Crippen LogP contribution >= 0.6 is 0 Å². The highest BCUT2D eigenvalue weighted by atomic mass is 16.6. The Labute approximate surface area is 107 Å². The third-order valence-electron chi connectivity index (χ3n) is 2.38. The molecule has 0 spiro atoms. The molecule has 0 fully saturated rings. The van der Waals surface area contributed by atoms with Crippen molar-refractivity contribution in [3.63, 3.8) is 0 Å². The van der Waals surface area contributed by atoms with Gasteiger partial charge in [-0.15, -0.1) is 0 Å². The first-order valence-electron chi connectivity index (χ1n) is 5.84. The van der Waals surface area contributed by atoms with Gasteiger partial charge in [-0.2, -0.15) is 0 Å². The fraction of sp³-hybridized carbons (Fsp3) is 0.429. The van der Waals surface area contributed by atoms with Crippen molar-refractivity contribution in [3.8, 4) is 0 Å². The first-order valence-corrected chi connectivity index (χ1v) is 5.84. The predicted octanol–water partition coefficient (Wildman–Crippen LogP) is 1.96. The molecular weight excluding hydrogens is 232 g/mol. The lowest BCUT2D eigenvalue weighted by Gasteiger charge is -2.22. The highest BCUT2D eigenvalue weighted by molar-refractivity contribution is 5.99. The maximum atomic E-state index is 11.9. The molecule has 1 rings (SSSR count). The molecule has 1 aromatic rings. The lowest BCUT2D eigenvalue weighted by Crippen LogP contribution is -2.40. The molecule has 4 nitrogen and oxygen atoms in total. The van der Waals surface area contributed by atoms with E-state index in [9.17, 15) is 14.7 Å². The predicted molar refractivity (Wildman–Crippen MR) is 67.2 cm³/mol. The molecule has 0 aromatic heterocycles. The van der Waals surface area contributed by atoms with Gasteiger partial charge >= 0.3 is 5.97 Å². The fourth-order valence-electron chi connectivity index (χ4n) is 1.45. The van der Waals surface area contributed by atoms with Crippen molar-refractivity contribution >= 4 is 11.8 Å². The number of ketones is 1. The van der Waals surface area contributed by atoms with Gasteiger partial charge < -0.3 is 9.84 Å². The molecule has 1 aromatic carbocycles. The standard InChI is InChI=1S/C14H18O4/c1-10(2)18-13(16)14(3,17)9-12(15)11-7-5-4-6-8-11/h4-8,10,17H,9H2,1-3H3. The minimum absolute atomic E-state index is 0.289. The maximum absolute atomic E-state index is 11.9. The number of ether oxygens (including phenoxy) is 1. The third-order valence-corrected chi connectivity index (χ3v) is 2.38. The summed E-state index contributed by atoms with van der Waals surface area (Å²) in [5, 5.41) is 9.97. The topological polar surface area (TPSA) is 63.6 Å². The Morgan fingerprint density at radius 2 is 1.83 bits per heavy atom. The molecule has 0 saturated carbocycles. The minimum Gasteiger partial charge on any atom is -0.461 e. The van der Waals surface area contributed by atoms with Gasteiger partial charge in [0.2, 0.25) is 0 Å². The molecule has 1 unspecified atom stereocenters. The van der Waals surface area contributed by atoms with Crippen molar-refractivity contribution in [1.82, 2.24) is 0 Å². The second kappa shape index (κ2) is 5.78. The Balaban J connectivity index is 2.71. The average Bonchev–Trinajstić information content (AvgIpc) is 2.28. The molecule has 0 amide bonds. The van der Waals surface area contributed by atoms with Crippen LogP contribution in [0.1, 0.15) is 37.6 Å². The van der Waals surface area contributed by atoms with E-state index in [0.29, 0.717) is 5.56 Å². The second-order valence-corrected chi connectivity index (χ2v) is 4.69. The molecular formula is C14H18O4. The van der Waals surface area contributed by atoms with Crippen LogP contribution < -0.4 is 0 Å². The zero-order valence-corrected chi connectivity index (χ0v) is 10.8. The number of hydrogen-bond acceptors (Lipinski definition) is 4. The summed E-state index contributed by atoms with van der Waals surface area (Å²) in [6, 6.07) is 8.54. The van der Waals surface area contributed by atoms with Crippen LogP contribution in [0.5, 0.6) is 0 Å². The first kappa shape index (κ1) is 14.4. The molecule has 18 heavy (non-hydrogen) atoms. The summed E-state index contributed by atoms with van der Waals surface area (Å²) in [6.45, 7) is 4.67. The number of hydrogen-bond donors (Lipinski definition) is 1. The highest BCUT2D eigenvalue weighted by Gasteiger charge is 2.35. The van der Waals surface area contributed by atoms with E-state index in [4.69, 9.17) is 4.74 Å². The molecule has 0 heterocycles. The van der Waals surface area contributed by atoms with Crippen LogP contribution in [0.2, 0.25) is 0 Å². The van der Waals surface area contributed by atoms with Crippen molar-refractivity contribution in [1.29, 1.82) is 0 Å². The van der Waals surface area contributed by atoms with Gasteiger partial charge in [-0.25, -0.2) is 4.79 Å². The lowest BCUT2D eigenvalue weighted by molar-refractivity contribution is -0.167. The van der Waals surface area contributed by atoms with Crippen molar-refractivity contribution < 1.29 is 19.4 Å². The Morgan fingerprint density at radius 1 is 1.28 bits per heavy atom. The monoisotopic (exact) mass is 250 g/mol. The zero-order chi connectivity index (χ0) is 13.8. The van der Waals surface area contributed by atoms with E-state index in [1.807, 2.05) is 0 Å². The molecule has 0 saturated heterocycles. The van der Waals surface area contributed by atoms with Crippen LogP contribution in [0.4, 0.5) is 0 Å². The molecule has 0 bridgehead atoms. The summed E-state index contributed by atoms with van der Waals surface area (Å²) in [5.74, 6) is -1.07. The molecule has 1 atom stereocenters. The van der Waals surface area contributed by atoms with E-state index in [2.05, 4.69) is 0 Å². The number of benzene rings is 1. The van der Waals surface area contributed by atoms with Crippen molar-refractivity contribution in [2.45, 2.75) is 38.9 Å². The maximum Gasteiger partial charge on any atom is 0.338 e. The number of Topliss-reactive ketones (excluding diaryl/α,β-unsaturated/α-hetero) is 1. The summed E-state index contributed by atoms with van der Waals surface area (Å²) in [4.78, 5) is 23.5. The van der Waals surface area contributed by atoms with Gasteiger partial charge in [0, 0.05) is 5.56 Å². The first-order chi connectivity index (χ1) is 8.33. The van der Waals surface area contributed by atoms with Gasteiger partial charge in [0.25, 0.3) is 0 Å². The van der Waals surface area contributed by atoms with Gasteiger partial charge in [-0.3, -0.25) is 4.79 Å². The molecule has 1 N–H and O–H groups in total. The van der Waals surface area contributed by atoms with Crippen molar-refractivity contribution in [3.05, 3.63) is 35.9 Å². The molecule has 0 aliphatic carbocycles. The summed E-state index contributed by atoms with van der Waals surface area (Å²) >= 11 is 0. The van der Waals surface area contributed by atoms with Crippen LogP contribution in [-0.4, -0.2) is 28.6 Å². The van der Waals surface area contributed by atoms with Crippen LogP contribution in [0, 0.1) is 0 Å². The van der Waals surface area contributed by atoms with Crippen molar-refractivity contribution in [2.24, 2.45) is 0 Å². The Morgan fingerprint density at radius 3 is 2.33 bits per heavy atom. The number of carbonyl (C=O) groups excluding carboxylic acids is 2. The Kier molecular flexibility index (Phi) is 4.62. The van der Waals surface area contributed by atoms with E-state index in [0.717, 1.165) is 0 Å². The summed E-state index contributed by atoms with van der Waals surface area (Å²) in [6.07, 6.45) is -0.612. The van der Waals surface area contributed by atoms with E-state index >= 15 is 0 Å². The lowest BCUT2D eigenvalue weighted by atomic mass is 9.96. The minimum atomic E-state index is -1.79. The van der Waals surface area contributed by atoms with Gasteiger partial charge in [-0.1, -0.05) is 30.3 Å². The van der Waals surface area contributed by atoms with Crippen LogP contribution in [0.25, 0.3) is 0 Å². The zero-order valence-electron chi connectivity index (χ0n) is 10.8. The summed E-state index contributed by atoms with van der Waals surface area (Å²) in [5.41, 5.74) is -1.33. The molecule has 4 heteroatoms. The summed E-state index contributed by atoms with van der Waals surface area (Å²) in [7, 11) is 0. The van der Waals surface area contributed by atoms with E-state index < -0.39 is 11.6 Å². The largest absolute Gasteiger partial charge is 0.461 e. The third kappa shape index (κ3) is 3.96. The second-order valence-electron chi connectivity index (χ2n) is 4.69. The number of aliphatic hydroxyl groups is 1. The fourth-order valence-corrected chi connectivity index (χ4v) is 1.45. The van der Waals surface area contributed by atoms with Crippen LogP contribution in [0.3, 0.4) is 0 Å². The average molecular weight is 250 g/mol. The molecule has 0 aliphatic rings. The molecule has 0 aliphatic heterocycles. The quantitative estimate of drug-likeness (QED) is 0.641. The van der Waals surface area contributed by atoms with Crippen molar-refractivity contribution in [2.75, 3.05) is 0 Å². The van der Waals surface area contributed by atoms with E-state index in [-0.39, 0.29) is 18.3 Å². The molecule has 0 radical (unpaired) electrons. The number of esters is 1. The SMILES string of the molecule is CC(C)OC(=O)C(C)(O)CC(=O)c1ccccc1. The van der Waals surface area contributed by atoms with Gasteiger partial charge in [-0.05, 0) is 20.8 Å². The summed E-state index contributed by atoms with van der Waals surface area (Å²) < 4.78 is 4.91. The highest BCUT2D eigenvalue weighted by Crippen LogP contribution is 2.16. The van der Waals surface area contributed by atoms with E-state index in [1.165, 1.54) is 6.92 Å². The smallest absolute Gasteiger partial charge is 0.338 e. The number of rotatable bonds is 5. The van der Waals surface area contributed by atoms with Gasteiger partial charge in [0.05, 0.1) is 12.5 Å². The van der Waals surface area contributed by atoms with Crippen LogP contribution in [-0.2, 0) is 9.53 Å². The Hall–Kier alpha value is -1.68. The van der Waals surface area contributed by atoms with Crippen LogP contribution in [0.15, 0.2) is 30.3 Å².